The van der Waals surface area contributed by atoms with E-state index in [9.17, 15) is 9.18 Å². The van der Waals surface area contributed by atoms with Gasteiger partial charge in [-0.3, -0.25) is 0 Å². The Bertz CT molecular complexity index is 362. The van der Waals surface area contributed by atoms with Crippen LogP contribution in [0.5, 0.6) is 0 Å². The van der Waals surface area contributed by atoms with Gasteiger partial charge in [0.05, 0.1) is 0 Å². The first-order valence-electron chi connectivity index (χ1n) is 5.75. The van der Waals surface area contributed by atoms with Crippen molar-refractivity contribution < 1.29 is 9.18 Å². The average molecular weight is 238 g/mol. The molecule has 0 radical (unpaired) electrons. The van der Waals surface area contributed by atoms with Crippen LogP contribution in [0, 0.1) is 11.7 Å². The topological polar surface area (TPSA) is 41.1 Å². The Morgan fingerprint density at radius 2 is 1.88 bits per heavy atom. The Morgan fingerprint density at radius 3 is 2.35 bits per heavy atom. The molecule has 1 unspecified atom stereocenters. The van der Waals surface area contributed by atoms with Crippen LogP contribution in [0.25, 0.3) is 0 Å². The highest BCUT2D eigenvalue weighted by Crippen LogP contribution is 2.11. The molecule has 1 atom stereocenters. The number of hydrogen-bond acceptors (Lipinski definition) is 1. The number of nitrogens with one attached hydrogen (secondary N) is 2. The molecule has 0 bridgehead atoms. The number of hydrogen-bond donors (Lipinski definition) is 2. The second-order valence-corrected chi connectivity index (χ2v) is 4.40. The Balaban J connectivity index is 2.66. The fourth-order valence-corrected chi connectivity index (χ4v) is 1.57. The third-order valence-corrected chi connectivity index (χ3v) is 2.72. The molecule has 0 aliphatic carbocycles. The van der Waals surface area contributed by atoms with Crippen LogP contribution in [-0.2, 0) is 6.42 Å². The van der Waals surface area contributed by atoms with Crippen molar-refractivity contribution in [2.24, 2.45) is 5.92 Å². The van der Waals surface area contributed by atoms with Gasteiger partial charge in [0.25, 0.3) is 0 Å². The molecule has 0 fully saturated rings. The molecule has 3 nitrogen and oxygen atoms in total. The van der Waals surface area contributed by atoms with Crippen LogP contribution in [-0.4, -0.2) is 19.1 Å². The smallest absolute Gasteiger partial charge is 0.314 e. The highest BCUT2D eigenvalue weighted by Gasteiger charge is 2.15. The largest absolute Gasteiger partial charge is 0.341 e. The minimum Gasteiger partial charge on any atom is -0.341 e. The quantitative estimate of drug-likeness (QED) is 0.830. The maximum atomic E-state index is 12.8. The zero-order valence-corrected chi connectivity index (χ0v) is 10.5. The molecule has 0 aromatic heterocycles. The predicted molar refractivity (Wildman–Crippen MR) is 66.3 cm³/mol. The first-order valence-corrected chi connectivity index (χ1v) is 5.75. The van der Waals surface area contributed by atoms with Crippen LogP contribution in [0.4, 0.5) is 9.18 Å². The maximum absolute atomic E-state index is 12.8. The molecular weight excluding hydrogens is 219 g/mol. The maximum Gasteiger partial charge on any atom is 0.314 e. The first-order chi connectivity index (χ1) is 8.02. The molecule has 94 valence electrons. The SMILES string of the molecule is CNC(=O)NC(Cc1ccc(F)cc1)C(C)C. The molecule has 1 rings (SSSR count). The molecule has 2 N–H and O–H groups in total. The van der Waals surface area contributed by atoms with Gasteiger partial charge in [-0.2, -0.15) is 0 Å². The summed E-state index contributed by atoms with van der Waals surface area (Å²) < 4.78 is 12.8. The van der Waals surface area contributed by atoms with Gasteiger partial charge in [-0.05, 0) is 30.0 Å². The first kappa shape index (κ1) is 13.5. The monoisotopic (exact) mass is 238 g/mol. The van der Waals surface area contributed by atoms with Crippen LogP contribution < -0.4 is 10.6 Å². The van der Waals surface area contributed by atoms with E-state index < -0.39 is 0 Å². The van der Waals surface area contributed by atoms with E-state index in [0.29, 0.717) is 12.3 Å². The van der Waals surface area contributed by atoms with Crippen molar-refractivity contribution in [3.05, 3.63) is 35.6 Å². The van der Waals surface area contributed by atoms with Gasteiger partial charge in [-0.15, -0.1) is 0 Å². The Morgan fingerprint density at radius 1 is 1.29 bits per heavy atom. The van der Waals surface area contributed by atoms with Crippen LogP contribution in [0.2, 0.25) is 0 Å². The predicted octanol–water partition coefficient (Wildman–Crippen LogP) is 2.32. The minimum absolute atomic E-state index is 0.0420. The van der Waals surface area contributed by atoms with Crippen molar-refractivity contribution >= 4 is 6.03 Å². The summed E-state index contributed by atoms with van der Waals surface area (Å²) >= 11 is 0. The molecule has 0 saturated carbocycles. The molecule has 0 spiro atoms. The van der Waals surface area contributed by atoms with Gasteiger partial charge in [0.2, 0.25) is 0 Å². The van der Waals surface area contributed by atoms with Crippen LogP contribution in [0.1, 0.15) is 19.4 Å². The van der Waals surface area contributed by atoms with Crippen LogP contribution >= 0.6 is 0 Å². The Hall–Kier alpha value is -1.58. The summed E-state index contributed by atoms with van der Waals surface area (Å²) in [5, 5.41) is 5.42. The number of amides is 2. The van der Waals surface area contributed by atoms with E-state index in [1.54, 1.807) is 19.2 Å². The van der Waals surface area contributed by atoms with Gasteiger partial charge >= 0.3 is 6.03 Å². The molecular formula is C13H19FN2O. The summed E-state index contributed by atoms with van der Waals surface area (Å²) in [6, 6.07) is 6.22. The highest BCUT2D eigenvalue weighted by atomic mass is 19.1. The lowest BCUT2D eigenvalue weighted by Gasteiger charge is -2.22. The van der Waals surface area contributed by atoms with Gasteiger partial charge in [-0.25, -0.2) is 9.18 Å². The van der Waals surface area contributed by atoms with E-state index in [4.69, 9.17) is 0 Å². The van der Waals surface area contributed by atoms with Gasteiger partial charge in [-0.1, -0.05) is 26.0 Å². The zero-order valence-electron chi connectivity index (χ0n) is 10.5. The Kier molecular flexibility index (Phi) is 4.94. The minimum atomic E-state index is -0.242. The second-order valence-electron chi connectivity index (χ2n) is 4.40. The van der Waals surface area contributed by atoms with Gasteiger partial charge in [0, 0.05) is 13.1 Å². The summed E-state index contributed by atoms with van der Waals surface area (Å²) in [6.07, 6.45) is 0.700. The fourth-order valence-electron chi connectivity index (χ4n) is 1.57. The highest BCUT2D eigenvalue weighted by molar-refractivity contribution is 5.73. The average Bonchev–Trinajstić information content (AvgIpc) is 2.30. The fraction of sp³-hybridized carbons (Fsp3) is 0.462. The van der Waals surface area contributed by atoms with Crippen molar-refractivity contribution in [3.63, 3.8) is 0 Å². The third kappa shape index (κ3) is 4.43. The number of rotatable bonds is 4. The summed E-state index contributed by atoms with van der Waals surface area (Å²) in [4.78, 5) is 11.3. The molecule has 1 aromatic rings. The van der Waals surface area contributed by atoms with Crippen molar-refractivity contribution in [1.29, 1.82) is 0 Å². The molecule has 0 aliphatic heterocycles. The standard InChI is InChI=1S/C13H19FN2O/c1-9(2)12(16-13(17)15-3)8-10-4-6-11(14)7-5-10/h4-7,9,12H,8H2,1-3H3,(H2,15,16,17). The molecule has 0 saturated heterocycles. The van der Waals surface area contributed by atoms with E-state index in [2.05, 4.69) is 10.6 Å². The number of urea groups is 1. The molecule has 2 amide bonds. The van der Waals surface area contributed by atoms with Gasteiger partial charge in [0.1, 0.15) is 5.82 Å². The zero-order chi connectivity index (χ0) is 12.8. The van der Waals surface area contributed by atoms with E-state index in [1.807, 2.05) is 13.8 Å². The third-order valence-electron chi connectivity index (χ3n) is 2.72. The van der Waals surface area contributed by atoms with E-state index in [1.165, 1.54) is 12.1 Å². The Labute approximate surface area is 101 Å². The summed E-state index contributed by atoms with van der Waals surface area (Å²) in [5.74, 6) is 0.0754. The van der Waals surface area contributed by atoms with Crippen molar-refractivity contribution in [1.82, 2.24) is 10.6 Å². The van der Waals surface area contributed by atoms with E-state index in [0.717, 1.165) is 5.56 Å². The number of carbonyl (C=O) groups is 1. The summed E-state index contributed by atoms with van der Waals surface area (Å²) in [6.45, 7) is 4.09. The summed E-state index contributed by atoms with van der Waals surface area (Å²) in [5.41, 5.74) is 1.02. The van der Waals surface area contributed by atoms with Crippen LogP contribution in [0.3, 0.4) is 0 Å². The number of benzene rings is 1. The van der Waals surface area contributed by atoms with Gasteiger partial charge < -0.3 is 10.6 Å². The van der Waals surface area contributed by atoms with Gasteiger partial charge in [0.15, 0.2) is 0 Å². The molecule has 17 heavy (non-hydrogen) atoms. The van der Waals surface area contributed by atoms with Crippen molar-refractivity contribution in [2.45, 2.75) is 26.3 Å². The van der Waals surface area contributed by atoms with Crippen molar-refractivity contribution in [3.8, 4) is 0 Å². The number of halogens is 1. The molecule has 0 heterocycles. The number of carbonyl (C=O) groups excluding carboxylic acids is 1. The lowest BCUT2D eigenvalue weighted by molar-refractivity contribution is 0.234. The molecule has 0 aliphatic rings. The second kappa shape index (κ2) is 6.23. The normalized spacial score (nSPS) is 12.3. The van der Waals surface area contributed by atoms with E-state index in [-0.39, 0.29) is 17.9 Å². The van der Waals surface area contributed by atoms with Crippen molar-refractivity contribution in [2.75, 3.05) is 7.05 Å². The molecule has 4 heteroatoms. The van der Waals surface area contributed by atoms with Crippen LogP contribution in [0.15, 0.2) is 24.3 Å². The summed E-state index contributed by atoms with van der Waals surface area (Å²) in [7, 11) is 1.59. The van der Waals surface area contributed by atoms with E-state index >= 15 is 0 Å². The lowest BCUT2D eigenvalue weighted by atomic mass is 9.96. The lowest BCUT2D eigenvalue weighted by Crippen LogP contribution is -2.44. The molecule has 1 aromatic carbocycles.